The van der Waals surface area contributed by atoms with E-state index in [1.165, 1.54) is 4.90 Å². The van der Waals surface area contributed by atoms with Gasteiger partial charge in [-0.2, -0.15) is 4.98 Å². The molecule has 10 heteroatoms. The maximum atomic E-state index is 14.3. The highest BCUT2D eigenvalue weighted by molar-refractivity contribution is 9.10. The third kappa shape index (κ3) is 2.86. The Morgan fingerprint density at radius 3 is 2.83 bits per heavy atom. The fraction of sp³-hybridized carbons (Fsp3) is 0.357. The number of nitrogens with zero attached hydrogens (tertiary/aromatic N) is 4. The summed E-state index contributed by atoms with van der Waals surface area (Å²) in [5, 5.41) is 9.06. The minimum absolute atomic E-state index is 0.0989. The lowest BCUT2D eigenvalue weighted by Crippen LogP contribution is -2.36. The summed E-state index contributed by atoms with van der Waals surface area (Å²) >= 11 is 8.73. The monoisotopic (exact) mass is 420 g/mol. The van der Waals surface area contributed by atoms with Gasteiger partial charge in [-0.1, -0.05) is 0 Å². The molecule has 2 aromatic rings. The summed E-state index contributed by atoms with van der Waals surface area (Å²) < 4.78 is 27.9. The van der Waals surface area contributed by atoms with Gasteiger partial charge in [0.05, 0.1) is 4.47 Å². The van der Waals surface area contributed by atoms with Gasteiger partial charge in [-0.3, -0.25) is 0 Å². The van der Waals surface area contributed by atoms with Gasteiger partial charge in [0.1, 0.15) is 17.2 Å². The standard InChI is InChI=1S/C14H12BrClF2N4O2/c1-21(6-2-3-22(5-6)14(23)24)12-7-4-8(17)9(15)10(18)11(7)19-13(16)20-12/h4,6H,2-3,5H2,1H3,(H,23,24). The molecule has 0 saturated carbocycles. The molecule has 1 aliphatic heterocycles. The first kappa shape index (κ1) is 17.1. The van der Waals surface area contributed by atoms with Crippen LogP contribution in [0.4, 0.5) is 19.4 Å². The zero-order chi connectivity index (χ0) is 17.6. The molecule has 3 rings (SSSR count). The normalized spacial score (nSPS) is 17.5. The minimum atomic E-state index is -1.00. The number of likely N-dealkylation sites (N-methyl/N-ethyl adjacent to an activating group) is 1. The molecule has 1 aliphatic rings. The quantitative estimate of drug-likeness (QED) is 0.594. The van der Waals surface area contributed by atoms with Crippen LogP contribution < -0.4 is 4.90 Å². The third-order valence-corrected chi connectivity index (χ3v) is 4.99. The highest BCUT2D eigenvalue weighted by Crippen LogP contribution is 2.33. The van der Waals surface area contributed by atoms with Crippen molar-refractivity contribution in [3.63, 3.8) is 0 Å². The van der Waals surface area contributed by atoms with Crippen LogP contribution in [0.2, 0.25) is 5.28 Å². The molecule has 128 valence electrons. The lowest BCUT2D eigenvalue weighted by Gasteiger charge is -2.26. The number of carbonyl (C=O) groups is 1. The van der Waals surface area contributed by atoms with Gasteiger partial charge in [0.25, 0.3) is 0 Å². The van der Waals surface area contributed by atoms with E-state index in [1.807, 2.05) is 0 Å². The number of amides is 1. The van der Waals surface area contributed by atoms with Crippen molar-refractivity contribution in [1.82, 2.24) is 14.9 Å². The SMILES string of the molecule is CN(c1nc(Cl)nc2c(F)c(Br)c(F)cc12)C1CCN(C(=O)O)C1. The van der Waals surface area contributed by atoms with Crippen molar-refractivity contribution >= 4 is 50.3 Å². The van der Waals surface area contributed by atoms with Crippen LogP contribution in [0.1, 0.15) is 6.42 Å². The van der Waals surface area contributed by atoms with E-state index in [9.17, 15) is 13.6 Å². The summed E-state index contributed by atoms with van der Waals surface area (Å²) in [6.45, 7) is 0.659. The van der Waals surface area contributed by atoms with Gasteiger partial charge in [0.15, 0.2) is 5.82 Å². The van der Waals surface area contributed by atoms with Crippen LogP contribution in [0.15, 0.2) is 10.5 Å². The molecular formula is C14H12BrClF2N4O2. The van der Waals surface area contributed by atoms with Crippen molar-refractivity contribution < 1.29 is 18.7 Å². The van der Waals surface area contributed by atoms with E-state index in [0.29, 0.717) is 13.0 Å². The van der Waals surface area contributed by atoms with E-state index in [4.69, 9.17) is 16.7 Å². The molecule has 0 aliphatic carbocycles. The Bertz CT molecular complexity index is 838. The molecule has 1 aromatic carbocycles. The lowest BCUT2D eigenvalue weighted by atomic mass is 10.1. The van der Waals surface area contributed by atoms with E-state index < -0.39 is 17.7 Å². The van der Waals surface area contributed by atoms with Crippen molar-refractivity contribution in [3.05, 3.63) is 27.5 Å². The van der Waals surface area contributed by atoms with Crippen LogP contribution in [-0.4, -0.2) is 52.2 Å². The Morgan fingerprint density at radius 1 is 1.50 bits per heavy atom. The maximum Gasteiger partial charge on any atom is 0.407 e. The summed E-state index contributed by atoms with van der Waals surface area (Å²) in [5.74, 6) is -1.38. The fourth-order valence-electron chi connectivity index (χ4n) is 2.80. The van der Waals surface area contributed by atoms with Gasteiger partial charge in [0, 0.05) is 31.6 Å². The maximum absolute atomic E-state index is 14.3. The number of benzene rings is 1. The molecule has 0 spiro atoms. The second kappa shape index (κ2) is 6.29. The summed E-state index contributed by atoms with van der Waals surface area (Å²) in [7, 11) is 1.69. The van der Waals surface area contributed by atoms with Crippen LogP contribution in [-0.2, 0) is 0 Å². The molecule has 6 nitrogen and oxygen atoms in total. The molecule has 1 saturated heterocycles. The van der Waals surface area contributed by atoms with Gasteiger partial charge in [-0.25, -0.2) is 18.6 Å². The molecule has 1 atom stereocenters. The molecular weight excluding hydrogens is 410 g/mol. The first-order valence-corrected chi connectivity index (χ1v) is 8.18. The average molecular weight is 422 g/mol. The Hall–Kier alpha value is -1.74. The summed E-state index contributed by atoms with van der Waals surface area (Å²) in [6.07, 6.45) is -0.426. The topological polar surface area (TPSA) is 69.6 Å². The van der Waals surface area contributed by atoms with Crippen molar-refractivity contribution in [2.75, 3.05) is 25.0 Å². The predicted molar refractivity (Wildman–Crippen MR) is 88.6 cm³/mol. The smallest absolute Gasteiger partial charge is 0.407 e. The Balaban J connectivity index is 2.07. The van der Waals surface area contributed by atoms with E-state index in [1.54, 1.807) is 11.9 Å². The van der Waals surface area contributed by atoms with Crippen molar-refractivity contribution in [3.8, 4) is 0 Å². The Labute approximate surface area is 149 Å². The molecule has 1 fully saturated rings. The largest absolute Gasteiger partial charge is 0.465 e. The zero-order valence-corrected chi connectivity index (χ0v) is 14.8. The summed E-state index contributed by atoms with van der Waals surface area (Å²) in [5.41, 5.74) is -0.0989. The molecule has 1 amide bonds. The van der Waals surface area contributed by atoms with Crippen LogP contribution >= 0.6 is 27.5 Å². The predicted octanol–water partition coefficient (Wildman–Crippen LogP) is 3.51. The molecule has 1 aromatic heterocycles. The molecule has 1 N–H and O–H groups in total. The fourth-order valence-corrected chi connectivity index (χ4v) is 3.27. The summed E-state index contributed by atoms with van der Waals surface area (Å²) in [4.78, 5) is 22.0. The van der Waals surface area contributed by atoms with Crippen molar-refractivity contribution in [2.45, 2.75) is 12.5 Å². The third-order valence-electron chi connectivity index (χ3n) is 4.10. The second-order valence-electron chi connectivity index (χ2n) is 5.48. The Morgan fingerprint density at radius 2 is 2.21 bits per heavy atom. The van der Waals surface area contributed by atoms with Crippen LogP contribution in [0.5, 0.6) is 0 Å². The zero-order valence-electron chi connectivity index (χ0n) is 12.4. The van der Waals surface area contributed by atoms with Gasteiger partial charge >= 0.3 is 6.09 Å². The number of halogens is 4. The first-order chi connectivity index (χ1) is 11.3. The molecule has 2 heterocycles. The number of carboxylic acid groups (broad SMARTS) is 1. The molecule has 24 heavy (non-hydrogen) atoms. The molecule has 1 unspecified atom stereocenters. The number of likely N-dealkylation sites (tertiary alicyclic amines) is 1. The second-order valence-corrected chi connectivity index (χ2v) is 6.61. The van der Waals surface area contributed by atoms with Crippen LogP contribution in [0.3, 0.4) is 0 Å². The number of rotatable bonds is 2. The van der Waals surface area contributed by atoms with Gasteiger partial charge in [-0.15, -0.1) is 0 Å². The van der Waals surface area contributed by atoms with Crippen molar-refractivity contribution in [2.24, 2.45) is 0 Å². The highest BCUT2D eigenvalue weighted by atomic mass is 79.9. The van der Waals surface area contributed by atoms with Crippen LogP contribution in [0, 0.1) is 11.6 Å². The number of hydrogen-bond acceptors (Lipinski definition) is 4. The highest BCUT2D eigenvalue weighted by Gasteiger charge is 2.30. The number of aromatic nitrogens is 2. The van der Waals surface area contributed by atoms with E-state index >= 15 is 0 Å². The first-order valence-electron chi connectivity index (χ1n) is 7.01. The number of anilines is 1. The minimum Gasteiger partial charge on any atom is -0.465 e. The average Bonchev–Trinajstić information content (AvgIpc) is 3.02. The van der Waals surface area contributed by atoms with E-state index in [0.717, 1.165) is 6.07 Å². The van der Waals surface area contributed by atoms with Gasteiger partial charge in [0.2, 0.25) is 5.28 Å². The Kier molecular flexibility index (Phi) is 4.48. The van der Waals surface area contributed by atoms with E-state index in [-0.39, 0.29) is 39.1 Å². The number of fused-ring (bicyclic) bond motifs is 1. The summed E-state index contributed by atoms with van der Waals surface area (Å²) in [6, 6.07) is 0.958. The van der Waals surface area contributed by atoms with Gasteiger partial charge in [-0.05, 0) is 40.0 Å². The molecule has 0 bridgehead atoms. The van der Waals surface area contributed by atoms with Crippen molar-refractivity contribution in [1.29, 1.82) is 0 Å². The molecule has 0 radical (unpaired) electrons. The van der Waals surface area contributed by atoms with Gasteiger partial charge < -0.3 is 14.9 Å². The lowest BCUT2D eigenvalue weighted by molar-refractivity contribution is 0.155. The number of hydrogen-bond donors (Lipinski definition) is 1. The van der Waals surface area contributed by atoms with Crippen LogP contribution in [0.25, 0.3) is 10.9 Å². The van der Waals surface area contributed by atoms with E-state index in [2.05, 4.69) is 25.9 Å².